The number of hydrogen-bond acceptors (Lipinski definition) is 4. The van der Waals surface area contributed by atoms with Crippen molar-refractivity contribution in [1.82, 2.24) is 10.3 Å². The van der Waals surface area contributed by atoms with Crippen LogP contribution >= 0.6 is 0 Å². The predicted octanol–water partition coefficient (Wildman–Crippen LogP) is 2.02. The average molecular weight is 318 g/mol. The molecule has 3 rings (SSSR count). The van der Waals surface area contributed by atoms with Crippen LogP contribution < -0.4 is 15.5 Å². The molecule has 5 nitrogen and oxygen atoms in total. The van der Waals surface area contributed by atoms with Crippen molar-refractivity contribution in [3.8, 4) is 0 Å². The number of hydrogen-bond donors (Lipinski definition) is 2. The summed E-state index contributed by atoms with van der Waals surface area (Å²) >= 11 is 0. The van der Waals surface area contributed by atoms with E-state index in [0.717, 1.165) is 44.0 Å². The van der Waals surface area contributed by atoms with Crippen molar-refractivity contribution < 1.29 is 13.6 Å². The van der Waals surface area contributed by atoms with Gasteiger partial charge in [0.15, 0.2) is 0 Å². The maximum Gasteiger partial charge on any atom is 0.262 e. The van der Waals surface area contributed by atoms with Crippen LogP contribution in [0.3, 0.4) is 0 Å². The van der Waals surface area contributed by atoms with Crippen molar-refractivity contribution in [3.63, 3.8) is 0 Å². The van der Waals surface area contributed by atoms with E-state index >= 15 is 0 Å². The summed E-state index contributed by atoms with van der Waals surface area (Å²) in [6, 6.07) is 6.74. The second-order valence-corrected chi connectivity index (χ2v) is 5.19. The van der Waals surface area contributed by atoms with Crippen molar-refractivity contribution in [2.24, 2.45) is 0 Å². The Morgan fingerprint density at radius 2 is 1.83 bits per heavy atom. The fourth-order valence-corrected chi connectivity index (χ4v) is 2.46. The van der Waals surface area contributed by atoms with Crippen LogP contribution in [0.25, 0.3) is 0 Å². The van der Waals surface area contributed by atoms with Gasteiger partial charge in [-0.05, 0) is 24.3 Å². The number of nitrogens with zero attached hydrogens (tertiary/aromatic N) is 2. The molecule has 2 N–H and O–H groups in total. The third-order valence-corrected chi connectivity index (χ3v) is 3.66. The molecule has 7 heteroatoms. The number of amides is 1. The lowest BCUT2D eigenvalue weighted by atomic mass is 10.2. The molecule has 0 atom stereocenters. The van der Waals surface area contributed by atoms with Gasteiger partial charge in [0.05, 0.1) is 11.9 Å². The van der Waals surface area contributed by atoms with E-state index in [1.54, 1.807) is 12.3 Å². The summed E-state index contributed by atoms with van der Waals surface area (Å²) in [4.78, 5) is 18.3. The monoisotopic (exact) mass is 318 g/mol. The third-order valence-electron chi connectivity index (χ3n) is 3.66. The minimum Gasteiger partial charge on any atom is -0.368 e. The number of anilines is 2. The van der Waals surface area contributed by atoms with E-state index in [2.05, 4.69) is 20.5 Å². The maximum absolute atomic E-state index is 13.6. The Bertz CT molecular complexity index is 679. The van der Waals surface area contributed by atoms with Gasteiger partial charge < -0.3 is 15.5 Å². The van der Waals surface area contributed by atoms with Gasteiger partial charge in [0.25, 0.3) is 5.91 Å². The van der Waals surface area contributed by atoms with Crippen LogP contribution in [-0.2, 0) is 0 Å². The quantitative estimate of drug-likeness (QED) is 0.909. The highest BCUT2D eigenvalue weighted by molar-refractivity contribution is 6.04. The number of pyridine rings is 1. The molecule has 0 unspecified atom stereocenters. The second-order valence-electron chi connectivity index (χ2n) is 5.19. The number of nitrogens with one attached hydrogen (secondary N) is 2. The van der Waals surface area contributed by atoms with Gasteiger partial charge in [-0.3, -0.25) is 4.79 Å². The smallest absolute Gasteiger partial charge is 0.262 e. The molecule has 0 aliphatic carbocycles. The summed E-state index contributed by atoms with van der Waals surface area (Å²) in [6.45, 7) is 3.58. The van der Waals surface area contributed by atoms with E-state index in [-0.39, 0.29) is 5.82 Å². The molecule has 1 fully saturated rings. The van der Waals surface area contributed by atoms with Crippen LogP contribution in [0.2, 0.25) is 0 Å². The molecule has 0 radical (unpaired) electrons. The maximum atomic E-state index is 13.6. The van der Waals surface area contributed by atoms with E-state index in [1.165, 1.54) is 6.07 Å². The van der Waals surface area contributed by atoms with Gasteiger partial charge in [-0.1, -0.05) is 6.07 Å². The molecule has 0 saturated carbocycles. The zero-order valence-electron chi connectivity index (χ0n) is 12.4. The summed E-state index contributed by atoms with van der Waals surface area (Å²) in [5.41, 5.74) is 0.335. The predicted molar refractivity (Wildman–Crippen MR) is 83.6 cm³/mol. The first-order valence-electron chi connectivity index (χ1n) is 7.32. The second kappa shape index (κ2) is 6.70. The first kappa shape index (κ1) is 15.4. The summed E-state index contributed by atoms with van der Waals surface area (Å²) in [5, 5.41) is 5.67. The van der Waals surface area contributed by atoms with Crippen LogP contribution in [0, 0.1) is 11.6 Å². The minimum atomic E-state index is -0.903. The summed E-state index contributed by atoms with van der Waals surface area (Å²) in [7, 11) is 0. The molecule has 1 aromatic heterocycles. The number of carbonyl (C=O) groups is 1. The SMILES string of the molecule is O=C(Nc1ccc(N2CCNCC2)cn1)c1c(F)cccc1F. The Kier molecular flexibility index (Phi) is 4.47. The lowest BCUT2D eigenvalue weighted by Crippen LogP contribution is -2.43. The average Bonchev–Trinajstić information content (AvgIpc) is 2.56. The molecular formula is C16H16F2N4O. The first-order valence-corrected chi connectivity index (χ1v) is 7.32. The van der Waals surface area contributed by atoms with Gasteiger partial charge in [0.2, 0.25) is 0 Å². The van der Waals surface area contributed by atoms with Gasteiger partial charge in [-0.15, -0.1) is 0 Å². The first-order chi connectivity index (χ1) is 11.1. The fourth-order valence-electron chi connectivity index (χ4n) is 2.46. The normalized spacial score (nSPS) is 14.6. The lowest BCUT2D eigenvalue weighted by molar-refractivity contribution is 0.101. The number of carbonyl (C=O) groups excluding carboxylic acids is 1. The highest BCUT2D eigenvalue weighted by Gasteiger charge is 2.17. The Balaban J connectivity index is 1.72. The van der Waals surface area contributed by atoms with E-state index in [9.17, 15) is 13.6 Å². The third kappa shape index (κ3) is 3.45. The van der Waals surface area contributed by atoms with E-state index in [0.29, 0.717) is 0 Å². The van der Waals surface area contributed by atoms with Gasteiger partial charge in [-0.2, -0.15) is 0 Å². The van der Waals surface area contributed by atoms with E-state index in [1.807, 2.05) is 6.07 Å². The Hall–Kier alpha value is -2.54. The molecule has 1 saturated heterocycles. The number of piperazine rings is 1. The molecule has 120 valence electrons. The van der Waals surface area contributed by atoms with Crippen molar-refractivity contribution in [2.45, 2.75) is 0 Å². The molecule has 1 aliphatic heterocycles. The van der Waals surface area contributed by atoms with Crippen LogP contribution in [0.4, 0.5) is 20.3 Å². The van der Waals surface area contributed by atoms with Gasteiger partial charge in [0.1, 0.15) is 23.0 Å². The van der Waals surface area contributed by atoms with Crippen molar-refractivity contribution in [2.75, 3.05) is 36.4 Å². The number of aromatic nitrogens is 1. The molecule has 1 aromatic carbocycles. The molecule has 2 heterocycles. The summed E-state index contributed by atoms with van der Waals surface area (Å²) in [5.74, 6) is -2.42. The van der Waals surface area contributed by atoms with Crippen molar-refractivity contribution in [1.29, 1.82) is 0 Å². The van der Waals surface area contributed by atoms with Gasteiger partial charge >= 0.3 is 0 Å². The highest BCUT2D eigenvalue weighted by Crippen LogP contribution is 2.17. The molecule has 2 aromatic rings. The van der Waals surface area contributed by atoms with Gasteiger partial charge in [0, 0.05) is 26.2 Å². The van der Waals surface area contributed by atoms with Crippen molar-refractivity contribution >= 4 is 17.4 Å². The topological polar surface area (TPSA) is 57.3 Å². The molecule has 0 spiro atoms. The van der Waals surface area contributed by atoms with Crippen LogP contribution in [-0.4, -0.2) is 37.1 Å². The lowest BCUT2D eigenvalue weighted by Gasteiger charge is -2.29. The Labute approximate surface area is 132 Å². The number of halogens is 2. The van der Waals surface area contributed by atoms with E-state index < -0.39 is 23.1 Å². The largest absolute Gasteiger partial charge is 0.368 e. The van der Waals surface area contributed by atoms with Crippen LogP contribution in [0.1, 0.15) is 10.4 Å². The van der Waals surface area contributed by atoms with Crippen LogP contribution in [0.15, 0.2) is 36.5 Å². The summed E-state index contributed by atoms with van der Waals surface area (Å²) in [6.07, 6.45) is 1.64. The number of benzene rings is 1. The summed E-state index contributed by atoms with van der Waals surface area (Å²) < 4.78 is 27.2. The minimum absolute atomic E-state index is 0.247. The molecule has 0 bridgehead atoms. The molecule has 1 amide bonds. The highest BCUT2D eigenvalue weighted by atomic mass is 19.1. The Morgan fingerprint density at radius 3 is 2.43 bits per heavy atom. The molecular weight excluding hydrogens is 302 g/mol. The van der Waals surface area contributed by atoms with E-state index in [4.69, 9.17) is 0 Å². The number of rotatable bonds is 3. The molecule has 23 heavy (non-hydrogen) atoms. The zero-order valence-corrected chi connectivity index (χ0v) is 12.4. The fraction of sp³-hybridized carbons (Fsp3) is 0.250. The zero-order chi connectivity index (χ0) is 16.2. The standard InChI is InChI=1S/C16H16F2N4O/c17-12-2-1-3-13(18)15(12)16(23)21-14-5-4-11(10-20-14)22-8-6-19-7-9-22/h1-5,10,19H,6-9H2,(H,20,21,23). The van der Waals surface area contributed by atoms with Crippen LogP contribution in [0.5, 0.6) is 0 Å². The van der Waals surface area contributed by atoms with Gasteiger partial charge in [-0.25, -0.2) is 13.8 Å². The Morgan fingerprint density at radius 1 is 1.13 bits per heavy atom. The van der Waals surface area contributed by atoms with Crippen molar-refractivity contribution in [3.05, 3.63) is 53.7 Å². The molecule has 1 aliphatic rings.